The van der Waals surface area contributed by atoms with Crippen LogP contribution in [-0.2, 0) is 4.74 Å². The molecule has 0 unspecified atom stereocenters. The lowest BCUT2D eigenvalue weighted by atomic mass is 9.99. The van der Waals surface area contributed by atoms with Gasteiger partial charge in [0.25, 0.3) is 0 Å². The van der Waals surface area contributed by atoms with Gasteiger partial charge in [0.2, 0.25) is 0 Å². The molecule has 1 saturated carbocycles. The highest BCUT2D eigenvalue weighted by Crippen LogP contribution is 2.46. The van der Waals surface area contributed by atoms with Crippen LogP contribution >= 0.6 is 0 Å². The number of ether oxygens (including phenoxy) is 1. The molecule has 2 atom stereocenters. The van der Waals surface area contributed by atoms with Crippen molar-refractivity contribution in [1.29, 1.82) is 0 Å². The minimum Gasteiger partial charge on any atom is -0.462 e. The number of hydrogen-bond donors (Lipinski definition) is 1. The number of rotatable bonds is 3. The quantitative estimate of drug-likeness (QED) is 0.872. The molecule has 3 rings (SSSR count). The fraction of sp³-hybridized carbons (Fsp3) is 0.692. The summed E-state index contributed by atoms with van der Waals surface area (Å²) in [5.74, 6) is -0.281. The molecule has 1 aromatic heterocycles. The predicted octanol–water partition coefficient (Wildman–Crippen LogP) is 2.76. The molecule has 0 spiro atoms. The van der Waals surface area contributed by atoms with Crippen LogP contribution in [0.15, 0.2) is 6.20 Å². The van der Waals surface area contributed by atoms with Crippen molar-refractivity contribution < 1.29 is 22.7 Å². The largest absolute Gasteiger partial charge is 0.462 e. The number of aromatic nitrogens is 2. The summed E-state index contributed by atoms with van der Waals surface area (Å²) in [5.41, 5.74) is 0.0662. The maximum Gasteiger partial charge on any atom is 0.410 e. The van der Waals surface area contributed by atoms with E-state index >= 15 is 0 Å². The monoisotopic (exact) mass is 303 g/mol. The number of fused-ring (bicyclic) bond motifs is 1. The molecule has 1 aliphatic heterocycles. The zero-order valence-electron chi connectivity index (χ0n) is 11.5. The summed E-state index contributed by atoms with van der Waals surface area (Å²) in [6.07, 6.45) is -1.45. The summed E-state index contributed by atoms with van der Waals surface area (Å²) < 4.78 is 45.4. The number of esters is 1. The highest BCUT2D eigenvalue weighted by atomic mass is 19.4. The average Bonchev–Trinajstić information content (AvgIpc) is 3.16. The third-order valence-electron chi connectivity index (χ3n) is 3.95. The van der Waals surface area contributed by atoms with Crippen LogP contribution in [0, 0.1) is 5.92 Å². The Morgan fingerprint density at radius 1 is 1.52 bits per heavy atom. The topological polar surface area (TPSA) is 56.1 Å². The van der Waals surface area contributed by atoms with Crippen molar-refractivity contribution in [3.63, 3.8) is 0 Å². The Labute approximate surface area is 119 Å². The first-order valence-electron chi connectivity index (χ1n) is 6.99. The smallest absolute Gasteiger partial charge is 0.410 e. The molecule has 1 fully saturated rings. The number of nitrogens with one attached hydrogen (secondary N) is 1. The van der Waals surface area contributed by atoms with Crippen molar-refractivity contribution >= 4 is 11.8 Å². The van der Waals surface area contributed by atoms with Crippen LogP contribution in [0.25, 0.3) is 0 Å². The van der Waals surface area contributed by atoms with Crippen LogP contribution in [-0.4, -0.2) is 34.6 Å². The summed E-state index contributed by atoms with van der Waals surface area (Å²) >= 11 is 0. The average molecular weight is 303 g/mol. The highest BCUT2D eigenvalue weighted by Gasteiger charge is 2.49. The zero-order chi connectivity index (χ0) is 15.2. The van der Waals surface area contributed by atoms with Gasteiger partial charge in [0.05, 0.1) is 12.8 Å². The first kappa shape index (κ1) is 14.2. The number of anilines is 1. The third-order valence-corrected chi connectivity index (χ3v) is 3.95. The molecular formula is C13H16F3N3O2. The summed E-state index contributed by atoms with van der Waals surface area (Å²) in [5, 5.41) is 6.80. The van der Waals surface area contributed by atoms with Crippen molar-refractivity contribution in [2.24, 2.45) is 5.92 Å². The second kappa shape index (κ2) is 4.92. The number of hydrogen-bond acceptors (Lipinski definition) is 4. The van der Waals surface area contributed by atoms with Gasteiger partial charge < -0.3 is 10.1 Å². The van der Waals surface area contributed by atoms with Gasteiger partial charge in [0, 0.05) is 6.04 Å². The number of halogens is 3. The molecule has 21 heavy (non-hydrogen) atoms. The lowest BCUT2D eigenvalue weighted by Crippen LogP contribution is -2.40. The molecule has 0 bridgehead atoms. The SMILES string of the molecule is CCOC(=O)c1cnn2c1N[C@H](C1CC1)C[C@@H]2C(F)(F)F. The molecule has 2 aliphatic rings. The Morgan fingerprint density at radius 2 is 2.24 bits per heavy atom. The van der Waals surface area contributed by atoms with Crippen LogP contribution in [0.1, 0.15) is 42.6 Å². The lowest BCUT2D eigenvalue weighted by molar-refractivity contribution is -0.174. The minimum atomic E-state index is -4.39. The molecule has 0 amide bonds. The molecule has 1 aliphatic carbocycles. The summed E-state index contributed by atoms with van der Waals surface area (Å²) in [6, 6.07) is -1.96. The molecule has 0 aromatic carbocycles. The van der Waals surface area contributed by atoms with E-state index in [1.807, 2.05) is 0 Å². The molecular weight excluding hydrogens is 287 g/mol. The lowest BCUT2D eigenvalue weighted by Gasteiger charge is -2.33. The third kappa shape index (κ3) is 2.58. The molecule has 0 saturated heterocycles. The van der Waals surface area contributed by atoms with E-state index in [0.717, 1.165) is 23.7 Å². The van der Waals surface area contributed by atoms with E-state index < -0.39 is 18.2 Å². The minimum absolute atomic E-state index is 0.0505. The van der Waals surface area contributed by atoms with E-state index in [-0.39, 0.29) is 36.4 Å². The van der Waals surface area contributed by atoms with Gasteiger partial charge in [-0.3, -0.25) is 0 Å². The van der Waals surface area contributed by atoms with Crippen molar-refractivity contribution in [2.45, 2.75) is 44.4 Å². The Balaban J connectivity index is 1.97. The first-order valence-corrected chi connectivity index (χ1v) is 6.99. The Bertz CT molecular complexity index is 551. The molecule has 0 radical (unpaired) electrons. The van der Waals surface area contributed by atoms with Crippen molar-refractivity contribution in [3.05, 3.63) is 11.8 Å². The second-order valence-corrected chi connectivity index (χ2v) is 5.45. The molecule has 8 heteroatoms. The summed E-state index contributed by atoms with van der Waals surface area (Å²) in [7, 11) is 0. The van der Waals surface area contributed by atoms with E-state index in [2.05, 4.69) is 10.4 Å². The van der Waals surface area contributed by atoms with E-state index in [4.69, 9.17) is 4.74 Å². The van der Waals surface area contributed by atoms with Gasteiger partial charge in [-0.15, -0.1) is 0 Å². The van der Waals surface area contributed by atoms with Crippen LogP contribution < -0.4 is 5.32 Å². The maximum absolute atomic E-state index is 13.2. The van der Waals surface area contributed by atoms with Gasteiger partial charge in [0.1, 0.15) is 11.4 Å². The van der Waals surface area contributed by atoms with E-state index in [0.29, 0.717) is 0 Å². The standard InChI is InChI=1S/C13H16F3N3O2/c1-2-21-12(20)8-6-17-19-10(13(14,15)16)5-9(7-3-4-7)18-11(8)19/h6-7,9-10,18H,2-5H2,1H3/t9-,10+/m0/s1. The van der Waals surface area contributed by atoms with Crippen molar-refractivity contribution in [2.75, 3.05) is 11.9 Å². The molecule has 1 N–H and O–H groups in total. The Hall–Kier alpha value is -1.73. The molecule has 5 nitrogen and oxygen atoms in total. The normalized spacial score (nSPS) is 25.1. The Kier molecular flexibility index (Phi) is 3.33. The Morgan fingerprint density at radius 3 is 2.81 bits per heavy atom. The summed E-state index contributed by atoms with van der Waals surface area (Å²) in [4.78, 5) is 11.8. The van der Waals surface area contributed by atoms with Gasteiger partial charge in [-0.2, -0.15) is 18.3 Å². The number of nitrogens with zero attached hydrogens (tertiary/aromatic N) is 2. The van der Waals surface area contributed by atoms with Gasteiger partial charge in [-0.05, 0) is 32.1 Å². The van der Waals surface area contributed by atoms with Gasteiger partial charge in [-0.25, -0.2) is 9.48 Å². The maximum atomic E-state index is 13.2. The van der Waals surface area contributed by atoms with E-state index in [1.165, 1.54) is 0 Å². The van der Waals surface area contributed by atoms with Crippen LogP contribution in [0.2, 0.25) is 0 Å². The molecule has 1 aromatic rings. The predicted molar refractivity (Wildman–Crippen MR) is 68.0 cm³/mol. The second-order valence-electron chi connectivity index (χ2n) is 5.45. The van der Waals surface area contributed by atoms with Crippen molar-refractivity contribution in [3.8, 4) is 0 Å². The molecule has 2 heterocycles. The molecule has 116 valence electrons. The van der Waals surface area contributed by atoms with Crippen LogP contribution in [0.3, 0.4) is 0 Å². The van der Waals surface area contributed by atoms with Crippen LogP contribution in [0.4, 0.5) is 19.0 Å². The van der Waals surface area contributed by atoms with Gasteiger partial charge in [0.15, 0.2) is 6.04 Å². The van der Waals surface area contributed by atoms with E-state index in [9.17, 15) is 18.0 Å². The first-order chi connectivity index (χ1) is 9.91. The highest BCUT2D eigenvalue weighted by molar-refractivity contribution is 5.94. The van der Waals surface area contributed by atoms with E-state index in [1.54, 1.807) is 6.92 Å². The van der Waals surface area contributed by atoms with Gasteiger partial charge in [-0.1, -0.05) is 0 Å². The van der Waals surface area contributed by atoms with Crippen LogP contribution in [0.5, 0.6) is 0 Å². The van der Waals surface area contributed by atoms with Gasteiger partial charge >= 0.3 is 12.1 Å². The number of carbonyl (C=O) groups is 1. The fourth-order valence-corrected chi connectivity index (χ4v) is 2.76. The zero-order valence-corrected chi connectivity index (χ0v) is 11.5. The number of carbonyl (C=O) groups excluding carboxylic acids is 1. The summed E-state index contributed by atoms with van der Waals surface area (Å²) in [6.45, 7) is 1.81. The fourth-order valence-electron chi connectivity index (χ4n) is 2.76. The number of alkyl halides is 3. The van der Waals surface area contributed by atoms with Crippen molar-refractivity contribution in [1.82, 2.24) is 9.78 Å².